The van der Waals surface area contributed by atoms with Gasteiger partial charge >= 0.3 is 5.97 Å². The van der Waals surface area contributed by atoms with E-state index in [2.05, 4.69) is 16.3 Å². The number of aryl methyl sites for hydroxylation is 1. The average molecular weight is 378 g/mol. The SMILES string of the molecule is COc1cc(/C=C(\C#N)c2nnc3n2CCCCC3)ccc1OC(=O)C1CC1. The maximum absolute atomic E-state index is 11.9. The van der Waals surface area contributed by atoms with E-state index in [1.165, 1.54) is 7.11 Å². The molecular weight excluding hydrogens is 356 g/mol. The Morgan fingerprint density at radius 3 is 2.86 bits per heavy atom. The number of carbonyl (C=O) groups is 1. The highest BCUT2D eigenvalue weighted by atomic mass is 16.6. The summed E-state index contributed by atoms with van der Waals surface area (Å²) in [5.41, 5.74) is 1.22. The Bertz CT molecular complexity index is 967. The summed E-state index contributed by atoms with van der Waals surface area (Å²) in [6, 6.07) is 7.50. The van der Waals surface area contributed by atoms with Crippen molar-refractivity contribution in [2.75, 3.05) is 7.11 Å². The lowest BCUT2D eigenvalue weighted by molar-refractivity contribution is -0.135. The first-order valence-electron chi connectivity index (χ1n) is 9.63. The van der Waals surface area contributed by atoms with Crippen molar-refractivity contribution in [1.82, 2.24) is 14.8 Å². The highest BCUT2D eigenvalue weighted by molar-refractivity contribution is 5.87. The molecule has 4 rings (SSSR count). The summed E-state index contributed by atoms with van der Waals surface area (Å²) in [7, 11) is 1.53. The van der Waals surface area contributed by atoms with Crippen molar-refractivity contribution in [2.45, 2.75) is 45.1 Å². The fraction of sp³-hybridized carbons (Fsp3) is 0.429. The maximum atomic E-state index is 11.9. The molecule has 0 spiro atoms. The second-order valence-electron chi connectivity index (χ2n) is 7.18. The van der Waals surface area contributed by atoms with Crippen molar-refractivity contribution >= 4 is 17.6 Å². The van der Waals surface area contributed by atoms with Gasteiger partial charge in [-0.3, -0.25) is 4.79 Å². The molecule has 1 aromatic carbocycles. The molecule has 1 fully saturated rings. The van der Waals surface area contributed by atoms with Gasteiger partial charge in [0, 0.05) is 13.0 Å². The molecular formula is C21H22N4O3. The van der Waals surface area contributed by atoms with Crippen molar-refractivity contribution in [3.8, 4) is 17.6 Å². The summed E-state index contributed by atoms with van der Waals surface area (Å²) in [6.45, 7) is 0.829. The number of nitriles is 1. The average Bonchev–Trinajstić information content (AvgIpc) is 3.52. The number of fused-ring (bicyclic) bond motifs is 1. The van der Waals surface area contributed by atoms with Gasteiger partial charge in [0.2, 0.25) is 0 Å². The number of allylic oxidation sites excluding steroid dienone is 1. The van der Waals surface area contributed by atoms with E-state index < -0.39 is 0 Å². The second kappa shape index (κ2) is 7.85. The molecule has 0 radical (unpaired) electrons. The molecule has 144 valence electrons. The molecule has 0 saturated heterocycles. The van der Waals surface area contributed by atoms with E-state index in [1.807, 2.05) is 4.57 Å². The highest BCUT2D eigenvalue weighted by Gasteiger charge is 2.32. The van der Waals surface area contributed by atoms with Crippen molar-refractivity contribution < 1.29 is 14.3 Å². The van der Waals surface area contributed by atoms with E-state index in [0.717, 1.165) is 56.5 Å². The Labute approximate surface area is 163 Å². The van der Waals surface area contributed by atoms with Crippen molar-refractivity contribution in [2.24, 2.45) is 5.92 Å². The molecule has 1 aliphatic heterocycles. The minimum atomic E-state index is -0.217. The van der Waals surface area contributed by atoms with Gasteiger partial charge in [-0.1, -0.05) is 12.5 Å². The molecule has 2 aliphatic rings. The number of esters is 1. The number of aromatic nitrogens is 3. The van der Waals surface area contributed by atoms with Crippen LogP contribution in [0.3, 0.4) is 0 Å². The van der Waals surface area contributed by atoms with Crippen molar-refractivity contribution in [3.05, 3.63) is 35.4 Å². The van der Waals surface area contributed by atoms with E-state index in [0.29, 0.717) is 22.9 Å². The molecule has 2 aromatic rings. The lowest BCUT2D eigenvalue weighted by Gasteiger charge is -2.10. The smallest absolute Gasteiger partial charge is 0.314 e. The van der Waals surface area contributed by atoms with Gasteiger partial charge in [0.25, 0.3) is 0 Å². The van der Waals surface area contributed by atoms with Gasteiger partial charge in [-0.2, -0.15) is 5.26 Å². The van der Waals surface area contributed by atoms with Crippen LogP contribution in [0.4, 0.5) is 0 Å². The molecule has 7 heteroatoms. The van der Waals surface area contributed by atoms with Crippen molar-refractivity contribution in [1.29, 1.82) is 5.26 Å². The third kappa shape index (κ3) is 3.77. The van der Waals surface area contributed by atoms with Crippen LogP contribution in [-0.4, -0.2) is 27.8 Å². The summed E-state index contributed by atoms with van der Waals surface area (Å²) in [6.07, 6.45) is 7.74. The number of rotatable bonds is 5. The zero-order chi connectivity index (χ0) is 19.5. The van der Waals surface area contributed by atoms with Crippen LogP contribution in [0.5, 0.6) is 11.5 Å². The first-order chi connectivity index (χ1) is 13.7. The zero-order valence-corrected chi connectivity index (χ0v) is 15.9. The van der Waals surface area contributed by atoms with Crippen LogP contribution in [0.2, 0.25) is 0 Å². The summed E-state index contributed by atoms with van der Waals surface area (Å²) >= 11 is 0. The van der Waals surface area contributed by atoms with Crippen LogP contribution in [0.1, 0.15) is 49.3 Å². The maximum Gasteiger partial charge on any atom is 0.314 e. The predicted octanol–water partition coefficient (Wildman–Crippen LogP) is 3.39. The van der Waals surface area contributed by atoms with E-state index in [-0.39, 0.29) is 11.9 Å². The summed E-state index contributed by atoms with van der Waals surface area (Å²) in [5, 5.41) is 18.2. The Hall–Kier alpha value is -3.14. The normalized spacial score (nSPS) is 16.6. The topological polar surface area (TPSA) is 90.0 Å². The molecule has 2 heterocycles. The molecule has 1 aromatic heterocycles. The third-order valence-electron chi connectivity index (χ3n) is 5.09. The van der Waals surface area contributed by atoms with Crippen LogP contribution < -0.4 is 9.47 Å². The fourth-order valence-corrected chi connectivity index (χ4v) is 3.37. The van der Waals surface area contributed by atoms with Crippen LogP contribution in [-0.2, 0) is 17.8 Å². The minimum absolute atomic E-state index is 0.0117. The number of hydrogen-bond donors (Lipinski definition) is 0. The van der Waals surface area contributed by atoms with E-state index in [4.69, 9.17) is 9.47 Å². The molecule has 0 unspecified atom stereocenters. The van der Waals surface area contributed by atoms with E-state index >= 15 is 0 Å². The second-order valence-corrected chi connectivity index (χ2v) is 7.18. The summed E-state index contributed by atoms with van der Waals surface area (Å²) < 4.78 is 12.9. The third-order valence-corrected chi connectivity index (χ3v) is 5.09. The van der Waals surface area contributed by atoms with Gasteiger partial charge in [-0.05, 0) is 49.5 Å². The van der Waals surface area contributed by atoms with Gasteiger partial charge in [0.15, 0.2) is 17.3 Å². The zero-order valence-electron chi connectivity index (χ0n) is 15.9. The van der Waals surface area contributed by atoms with Gasteiger partial charge in [0.05, 0.1) is 18.6 Å². The molecule has 0 amide bonds. The highest BCUT2D eigenvalue weighted by Crippen LogP contribution is 2.34. The number of hydrogen-bond acceptors (Lipinski definition) is 6. The Morgan fingerprint density at radius 1 is 1.25 bits per heavy atom. The monoisotopic (exact) mass is 378 g/mol. The Kier molecular flexibility index (Phi) is 5.11. The Balaban J connectivity index is 1.62. The van der Waals surface area contributed by atoms with Crippen LogP contribution in [0.15, 0.2) is 18.2 Å². The molecule has 7 nitrogen and oxygen atoms in total. The fourth-order valence-electron chi connectivity index (χ4n) is 3.37. The van der Waals surface area contributed by atoms with E-state index in [9.17, 15) is 10.1 Å². The van der Waals surface area contributed by atoms with Gasteiger partial charge < -0.3 is 14.0 Å². The van der Waals surface area contributed by atoms with Crippen molar-refractivity contribution in [3.63, 3.8) is 0 Å². The quantitative estimate of drug-likeness (QED) is 0.450. The first-order valence-corrected chi connectivity index (χ1v) is 9.63. The molecule has 1 aliphatic carbocycles. The summed E-state index contributed by atoms with van der Waals surface area (Å²) in [5.74, 6) is 2.19. The van der Waals surface area contributed by atoms with Gasteiger partial charge in [0.1, 0.15) is 11.9 Å². The van der Waals surface area contributed by atoms with Gasteiger partial charge in [-0.15, -0.1) is 10.2 Å². The van der Waals surface area contributed by atoms with Crippen LogP contribution in [0, 0.1) is 17.2 Å². The van der Waals surface area contributed by atoms with Gasteiger partial charge in [-0.25, -0.2) is 0 Å². The molecule has 1 saturated carbocycles. The summed E-state index contributed by atoms with van der Waals surface area (Å²) in [4.78, 5) is 11.9. The predicted molar refractivity (Wildman–Crippen MR) is 102 cm³/mol. The standard InChI is InChI=1S/C21H22N4O3/c1-27-18-12-14(6-9-17(18)28-21(26)15-7-8-15)11-16(13-22)20-24-23-19-5-3-2-4-10-25(19)20/h6,9,11-12,15H,2-5,7-8,10H2,1H3/b16-11+. The van der Waals surface area contributed by atoms with Crippen LogP contribution >= 0.6 is 0 Å². The van der Waals surface area contributed by atoms with E-state index in [1.54, 1.807) is 24.3 Å². The molecule has 0 bridgehead atoms. The molecule has 28 heavy (non-hydrogen) atoms. The number of ether oxygens (including phenoxy) is 2. The number of carbonyl (C=O) groups excluding carboxylic acids is 1. The lowest BCUT2D eigenvalue weighted by Crippen LogP contribution is -2.10. The minimum Gasteiger partial charge on any atom is -0.493 e. The first kappa shape index (κ1) is 18.2. The number of benzene rings is 1. The molecule has 0 atom stereocenters. The number of nitrogens with zero attached hydrogens (tertiary/aromatic N) is 4. The molecule has 0 N–H and O–H groups in total. The Morgan fingerprint density at radius 2 is 2.11 bits per heavy atom. The lowest BCUT2D eigenvalue weighted by atomic mass is 10.1. The number of methoxy groups -OCH3 is 1. The largest absolute Gasteiger partial charge is 0.493 e. The van der Waals surface area contributed by atoms with Crippen LogP contribution in [0.25, 0.3) is 11.6 Å².